The van der Waals surface area contributed by atoms with Crippen molar-refractivity contribution in [2.24, 2.45) is 11.3 Å². The van der Waals surface area contributed by atoms with Gasteiger partial charge in [-0.2, -0.15) is 0 Å². The molecule has 0 amide bonds. The lowest BCUT2D eigenvalue weighted by Gasteiger charge is -2.10. The molecule has 0 bridgehead atoms. The molecule has 0 aromatic carbocycles. The molecule has 1 fully saturated rings. The van der Waals surface area contributed by atoms with Gasteiger partial charge in [-0.3, -0.25) is 0 Å². The van der Waals surface area contributed by atoms with Crippen molar-refractivity contribution in [2.75, 3.05) is 0 Å². The molecule has 0 nitrogen and oxygen atoms in total. The van der Waals surface area contributed by atoms with E-state index in [4.69, 9.17) is 0 Å². The summed E-state index contributed by atoms with van der Waals surface area (Å²) in [5.41, 5.74) is 0.509. The summed E-state index contributed by atoms with van der Waals surface area (Å²) >= 11 is 0. The first-order valence-corrected chi connectivity index (χ1v) is 3.33. The fraction of sp³-hybridized carbons (Fsp3) is 0.625. The van der Waals surface area contributed by atoms with E-state index in [2.05, 4.69) is 19.1 Å². The second-order valence-corrected chi connectivity index (χ2v) is 3.14. The number of hydrogen-bond acceptors (Lipinski definition) is 0. The van der Waals surface area contributed by atoms with Crippen LogP contribution in [0.5, 0.6) is 0 Å². The van der Waals surface area contributed by atoms with Gasteiger partial charge in [0.1, 0.15) is 0 Å². The highest BCUT2D eigenvalue weighted by Crippen LogP contribution is 2.57. The number of fused-ring (bicyclic) bond motifs is 1. The van der Waals surface area contributed by atoms with E-state index in [0.29, 0.717) is 5.41 Å². The average Bonchev–Trinajstić information content (AvgIpc) is 2.39. The second kappa shape index (κ2) is 1.18. The fourth-order valence-electron chi connectivity index (χ4n) is 1.57. The Bertz CT molecular complexity index is 135. The molecule has 0 N–H and O–H groups in total. The van der Waals surface area contributed by atoms with Crippen LogP contribution in [-0.2, 0) is 0 Å². The van der Waals surface area contributed by atoms with Crippen molar-refractivity contribution in [1.29, 1.82) is 0 Å². The molecule has 2 atom stereocenters. The first-order chi connectivity index (χ1) is 3.81. The summed E-state index contributed by atoms with van der Waals surface area (Å²) in [5, 5.41) is 0. The van der Waals surface area contributed by atoms with E-state index in [0.717, 1.165) is 5.92 Å². The van der Waals surface area contributed by atoms with Gasteiger partial charge in [0.05, 0.1) is 0 Å². The molecule has 8 heavy (non-hydrogen) atoms. The van der Waals surface area contributed by atoms with Gasteiger partial charge in [0.2, 0.25) is 0 Å². The minimum atomic E-state index is 0.509. The van der Waals surface area contributed by atoms with Crippen LogP contribution >= 0.6 is 0 Å². The maximum atomic E-state index is 4.15. The zero-order valence-corrected chi connectivity index (χ0v) is 5.06. The van der Waals surface area contributed by atoms with Gasteiger partial charge < -0.3 is 0 Å². The molecule has 0 saturated heterocycles. The van der Waals surface area contributed by atoms with Gasteiger partial charge in [-0.1, -0.05) is 12.2 Å². The minimum Gasteiger partial charge on any atom is -0.0882 e. The summed E-state index contributed by atoms with van der Waals surface area (Å²) in [6.45, 7) is 4.15. The third-order valence-corrected chi connectivity index (χ3v) is 2.43. The molecule has 43 valence electrons. The van der Waals surface area contributed by atoms with Gasteiger partial charge in [0, 0.05) is 0 Å². The molecular weight excluding hydrogens is 96.1 g/mol. The third-order valence-electron chi connectivity index (χ3n) is 2.43. The van der Waals surface area contributed by atoms with Crippen molar-refractivity contribution in [3.63, 3.8) is 0 Å². The van der Waals surface area contributed by atoms with Crippen LogP contribution in [-0.4, -0.2) is 0 Å². The van der Waals surface area contributed by atoms with Gasteiger partial charge >= 0.3 is 0 Å². The van der Waals surface area contributed by atoms with Gasteiger partial charge in [-0.15, -0.1) is 0 Å². The van der Waals surface area contributed by atoms with Gasteiger partial charge in [-0.25, -0.2) is 0 Å². The molecule has 2 aliphatic rings. The SMILES string of the molecule is [CH2]C12CCC=CC1C2. The zero-order chi connectivity index (χ0) is 5.61. The maximum Gasteiger partial charge on any atom is -0.0171 e. The third kappa shape index (κ3) is 0.460. The Hall–Kier alpha value is -0.260. The Morgan fingerprint density at radius 3 is 3.00 bits per heavy atom. The number of rotatable bonds is 0. The van der Waals surface area contributed by atoms with E-state index in [1.54, 1.807) is 0 Å². The fourth-order valence-corrected chi connectivity index (χ4v) is 1.57. The Morgan fingerprint density at radius 1 is 1.62 bits per heavy atom. The lowest BCUT2D eigenvalue weighted by Crippen LogP contribution is -1.99. The first kappa shape index (κ1) is 4.60. The predicted molar refractivity (Wildman–Crippen MR) is 34.3 cm³/mol. The normalized spacial score (nSPS) is 50.9. The molecule has 0 heteroatoms. The molecule has 2 unspecified atom stereocenters. The van der Waals surface area contributed by atoms with Crippen LogP contribution in [0.15, 0.2) is 12.2 Å². The zero-order valence-electron chi connectivity index (χ0n) is 5.06. The number of allylic oxidation sites excluding steroid dienone is 2. The predicted octanol–water partition coefficient (Wildman–Crippen LogP) is 2.18. The molecule has 0 heterocycles. The van der Waals surface area contributed by atoms with Crippen LogP contribution in [0.4, 0.5) is 0 Å². The largest absolute Gasteiger partial charge is 0.0882 e. The van der Waals surface area contributed by atoms with Crippen LogP contribution in [0, 0.1) is 18.3 Å². The maximum absolute atomic E-state index is 4.15. The Balaban J connectivity index is 2.20. The second-order valence-electron chi connectivity index (χ2n) is 3.14. The van der Waals surface area contributed by atoms with Crippen molar-refractivity contribution in [2.45, 2.75) is 19.3 Å². The van der Waals surface area contributed by atoms with Crippen molar-refractivity contribution in [3.8, 4) is 0 Å². The van der Waals surface area contributed by atoms with Crippen LogP contribution in [0.25, 0.3) is 0 Å². The van der Waals surface area contributed by atoms with E-state index in [1.807, 2.05) is 0 Å². The van der Waals surface area contributed by atoms with Crippen molar-refractivity contribution >= 4 is 0 Å². The molecule has 1 radical (unpaired) electrons. The van der Waals surface area contributed by atoms with Crippen LogP contribution in [0.1, 0.15) is 19.3 Å². The quantitative estimate of drug-likeness (QED) is 0.416. The summed E-state index contributed by atoms with van der Waals surface area (Å²) < 4.78 is 0. The van der Waals surface area contributed by atoms with Crippen LogP contribution < -0.4 is 0 Å². The molecule has 1 saturated carbocycles. The van der Waals surface area contributed by atoms with E-state index >= 15 is 0 Å². The summed E-state index contributed by atoms with van der Waals surface area (Å²) in [6.07, 6.45) is 8.56. The van der Waals surface area contributed by atoms with E-state index in [9.17, 15) is 0 Å². The van der Waals surface area contributed by atoms with E-state index in [-0.39, 0.29) is 0 Å². The van der Waals surface area contributed by atoms with Gasteiger partial charge in [0.15, 0.2) is 0 Å². The molecule has 0 aromatic rings. The molecule has 2 rings (SSSR count). The molecule has 2 aliphatic carbocycles. The van der Waals surface area contributed by atoms with Crippen molar-refractivity contribution < 1.29 is 0 Å². The van der Waals surface area contributed by atoms with E-state index < -0.39 is 0 Å². The Morgan fingerprint density at radius 2 is 2.50 bits per heavy atom. The highest BCUT2D eigenvalue weighted by Gasteiger charge is 2.48. The van der Waals surface area contributed by atoms with Crippen molar-refractivity contribution in [3.05, 3.63) is 19.1 Å². The van der Waals surface area contributed by atoms with Crippen molar-refractivity contribution in [1.82, 2.24) is 0 Å². The molecule has 0 aliphatic heterocycles. The lowest BCUT2D eigenvalue weighted by molar-refractivity contribution is 0.538. The Kier molecular flexibility index (Phi) is 0.677. The van der Waals surface area contributed by atoms with Crippen LogP contribution in [0.2, 0.25) is 0 Å². The summed E-state index contributed by atoms with van der Waals surface area (Å²) in [6, 6.07) is 0. The Labute approximate surface area is 50.6 Å². The molecule has 0 spiro atoms. The van der Waals surface area contributed by atoms with Crippen LogP contribution in [0.3, 0.4) is 0 Å². The summed E-state index contributed by atoms with van der Waals surface area (Å²) in [7, 11) is 0. The topological polar surface area (TPSA) is 0 Å². The monoisotopic (exact) mass is 107 g/mol. The molecule has 0 aromatic heterocycles. The molecular formula is C8H11. The van der Waals surface area contributed by atoms with Gasteiger partial charge in [0.25, 0.3) is 0 Å². The summed E-state index contributed by atoms with van der Waals surface area (Å²) in [5.74, 6) is 0.858. The highest BCUT2D eigenvalue weighted by atomic mass is 14.5. The minimum absolute atomic E-state index is 0.509. The summed E-state index contributed by atoms with van der Waals surface area (Å²) in [4.78, 5) is 0. The number of hydrogen-bond donors (Lipinski definition) is 0. The average molecular weight is 107 g/mol. The highest BCUT2D eigenvalue weighted by molar-refractivity contribution is 5.17. The van der Waals surface area contributed by atoms with Gasteiger partial charge in [-0.05, 0) is 37.5 Å². The van der Waals surface area contributed by atoms with E-state index in [1.165, 1.54) is 19.3 Å². The lowest BCUT2D eigenvalue weighted by atomic mass is 9.95. The first-order valence-electron chi connectivity index (χ1n) is 3.33. The smallest absolute Gasteiger partial charge is 0.0171 e. The standard InChI is InChI=1S/C8H11/c1-8-5-3-2-4-7(8)6-8/h2,4,7H,1,3,5-6H2.